The molecule has 0 spiro atoms. The Morgan fingerprint density at radius 3 is 2.46 bits per heavy atom. The monoisotopic (exact) mass is 356 g/mol. The molecule has 0 aromatic heterocycles. The summed E-state index contributed by atoms with van der Waals surface area (Å²) in [5.74, 6) is 1.53. The lowest BCUT2D eigenvalue weighted by molar-refractivity contribution is -0.121. The number of benzene rings is 2. The van der Waals surface area contributed by atoms with Crippen molar-refractivity contribution < 1.29 is 14.3 Å². The highest BCUT2D eigenvalue weighted by Crippen LogP contribution is 2.28. The summed E-state index contributed by atoms with van der Waals surface area (Å²) in [4.78, 5) is 12.0. The Bertz CT molecular complexity index is 716. The van der Waals surface area contributed by atoms with E-state index in [4.69, 9.17) is 15.2 Å². The standard InChI is InChI=1S/C21H28N2O3/c1-3-25-19-11-9-16(15-20(19)26-4-2)13-14-23-21(24)12-10-17-7-5-6-8-18(17)22/h5-9,11,15H,3-4,10,12-14,22H2,1-2H3,(H,23,24). The molecule has 2 aromatic rings. The maximum atomic E-state index is 12.0. The predicted octanol–water partition coefficient (Wildman–Crippen LogP) is 3.36. The lowest BCUT2D eigenvalue weighted by Gasteiger charge is -2.12. The average Bonchev–Trinajstić information content (AvgIpc) is 2.63. The molecule has 0 unspecified atom stereocenters. The molecule has 0 saturated carbocycles. The minimum atomic E-state index is 0.0317. The van der Waals surface area contributed by atoms with E-state index in [0.717, 1.165) is 34.7 Å². The van der Waals surface area contributed by atoms with Crippen molar-refractivity contribution in [2.45, 2.75) is 33.1 Å². The van der Waals surface area contributed by atoms with Crippen molar-refractivity contribution in [3.63, 3.8) is 0 Å². The van der Waals surface area contributed by atoms with E-state index in [1.165, 1.54) is 0 Å². The zero-order valence-electron chi connectivity index (χ0n) is 15.6. The minimum absolute atomic E-state index is 0.0317. The number of para-hydroxylation sites is 1. The van der Waals surface area contributed by atoms with Crippen molar-refractivity contribution in [1.82, 2.24) is 5.32 Å². The Morgan fingerprint density at radius 2 is 1.73 bits per heavy atom. The van der Waals surface area contributed by atoms with Crippen LogP contribution in [0.4, 0.5) is 5.69 Å². The van der Waals surface area contributed by atoms with Gasteiger partial charge in [0.25, 0.3) is 0 Å². The summed E-state index contributed by atoms with van der Waals surface area (Å²) in [5.41, 5.74) is 8.75. The Hall–Kier alpha value is -2.69. The Labute approximate surface area is 155 Å². The molecular weight excluding hydrogens is 328 g/mol. The minimum Gasteiger partial charge on any atom is -0.490 e. The number of anilines is 1. The second-order valence-corrected chi connectivity index (χ2v) is 5.95. The molecule has 0 saturated heterocycles. The van der Waals surface area contributed by atoms with Crippen LogP contribution in [0.1, 0.15) is 31.4 Å². The first-order chi connectivity index (χ1) is 12.6. The number of hydrogen-bond acceptors (Lipinski definition) is 4. The number of rotatable bonds is 10. The van der Waals surface area contributed by atoms with Crippen LogP contribution in [-0.2, 0) is 17.6 Å². The van der Waals surface area contributed by atoms with Crippen LogP contribution in [-0.4, -0.2) is 25.7 Å². The van der Waals surface area contributed by atoms with E-state index in [1.54, 1.807) is 0 Å². The summed E-state index contributed by atoms with van der Waals surface area (Å²) in [6.07, 6.45) is 1.82. The van der Waals surface area contributed by atoms with Crippen LogP contribution in [0.5, 0.6) is 11.5 Å². The first-order valence-electron chi connectivity index (χ1n) is 9.12. The maximum absolute atomic E-state index is 12.0. The number of hydrogen-bond donors (Lipinski definition) is 2. The van der Waals surface area contributed by atoms with E-state index in [0.29, 0.717) is 32.6 Å². The van der Waals surface area contributed by atoms with Gasteiger partial charge in [-0.1, -0.05) is 24.3 Å². The van der Waals surface area contributed by atoms with E-state index in [-0.39, 0.29) is 5.91 Å². The third kappa shape index (κ3) is 5.99. The molecule has 26 heavy (non-hydrogen) atoms. The molecule has 5 nitrogen and oxygen atoms in total. The summed E-state index contributed by atoms with van der Waals surface area (Å²) in [6, 6.07) is 13.5. The third-order valence-corrected chi connectivity index (χ3v) is 4.02. The molecule has 2 rings (SSSR count). The Kier molecular flexibility index (Phi) is 7.80. The van der Waals surface area contributed by atoms with Crippen molar-refractivity contribution in [2.75, 3.05) is 25.5 Å². The molecule has 3 N–H and O–H groups in total. The summed E-state index contributed by atoms with van der Waals surface area (Å²) in [5, 5.41) is 2.96. The van der Waals surface area contributed by atoms with Gasteiger partial charge in [-0.3, -0.25) is 4.79 Å². The van der Waals surface area contributed by atoms with Crippen LogP contribution < -0.4 is 20.5 Å². The topological polar surface area (TPSA) is 73.6 Å². The number of amides is 1. The van der Waals surface area contributed by atoms with E-state index in [2.05, 4.69) is 5.32 Å². The largest absolute Gasteiger partial charge is 0.490 e. The first-order valence-corrected chi connectivity index (χ1v) is 9.12. The predicted molar refractivity (Wildman–Crippen MR) is 105 cm³/mol. The summed E-state index contributed by atoms with van der Waals surface area (Å²) >= 11 is 0. The molecule has 5 heteroatoms. The van der Waals surface area contributed by atoms with Crippen LogP contribution in [0, 0.1) is 0 Å². The first kappa shape index (κ1) is 19.6. The van der Waals surface area contributed by atoms with Crippen LogP contribution in [0.25, 0.3) is 0 Å². The molecular formula is C21H28N2O3. The van der Waals surface area contributed by atoms with Gasteiger partial charge in [0.15, 0.2) is 11.5 Å². The highest BCUT2D eigenvalue weighted by molar-refractivity contribution is 5.76. The van der Waals surface area contributed by atoms with Gasteiger partial charge in [0.2, 0.25) is 5.91 Å². The number of ether oxygens (including phenoxy) is 2. The summed E-state index contributed by atoms with van der Waals surface area (Å²) in [6.45, 7) is 5.66. The van der Waals surface area contributed by atoms with Gasteiger partial charge in [-0.05, 0) is 56.0 Å². The van der Waals surface area contributed by atoms with Gasteiger partial charge in [0.05, 0.1) is 13.2 Å². The fourth-order valence-corrected chi connectivity index (χ4v) is 2.70. The molecule has 0 bridgehead atoms. The Balaban J connectivity index is 1.80. The summed E-state index contributed by atoms with van der Waals surface area (Å²) in [7, 11) is 0. The van der Waals surface area contributed by atoms with Crippen molar-refractivity contribution in [3.8, 4) is 11.5 Å². The summed E-state index contributed by atoms with van der Waals surface area (Å²) < 4.78 is 11.2. The fourth-order valence-electron chi connectivity index (χ4n) is 2.70. The van der Waals surface area contributed by atoms with Gasteiger partial charge in [-0.2, -0.15) is 0 Å². The number of nitrogen functional groups attached to an aromatic ring is 1. The molecule has 2 aromatic carbocycles. The van der Waals surface area contributed by atoms with Crippen molar-refractivity contribution >= 4 is 11.6 Å². The molecule has 0 aliphatic heterocycles. The van der Waals surface area contributed by atoms with Gasteiger partial charge in [0, 0.05) is 18.7 Å². The highest BCUT2D eigenvalue weighted by atomic mass is 16.5. The highest BCUT2D eigenvalue weighted by Gasteiger charge is 2.07. The maximum Gasteiger partial charge on any atom is 0.220 e. The van der Waals surface area contributed by atoms with Gasteiger partial charge in [-0.25, -0.2) is 0 Å². The molecule has 0 heterocycles. The van der Waals surface area contributed by atoms with Crippen molar-refractivity contribution in [3.05, 3.63) is 53.6 Å². The lowest BCUT2D eigenvalue weighted by Crippen LogP contribution is -2.26. The van der Waals surface area contributed by atoms with Crippen LogP contribution in [0.2, 0.25) is 0 Å². The molecule has 0 aliphatic carbocycles. The van der Waals surface area contributed by atoms with Crippen molar-refractivity contribution in [1.29, 1.82) is 0 Å². The van der Waals surface area contributed by atoms with Gasteiger partial charge in [0.1, 0.15) is 0 Å². The van der Waals surface area contributed by atoms with Crippen LogP contribution in [0.3, 0.4) is 0 Å². The third-order valence-electron chi connectivity index (χ3n) is 4.02. The number of carbonyl (C=O) groups excluding carboxylic acids is 1. The molecule has 0 atom stereocenters. The molecule has 0 fully saturated rings. The second kappa shape index (κ2) is 10.3. The molecule has 1 amide bonds. The number of aryl methyl sites for hydroxylation is 1. The van der Waals surface area contributed by atoms with E-state index >= 15 is 0 Å². The normalized spacial score (nSPS) is 10.4. The number of carbonyl (C=O) groups is 1. The molecule has 0 aliphatic rings. The number of nitrogens with one attached hydrogen (secondary N) is 1. The van der Waals surface area contributed by atoms with Gasteiger partial charge >= 0.3 is 0 Å². The lowest BCUT2D eigenvalue weighted by atomic mass is 10.1. The van der Waals surface area contributed by atoms with E-state index in [1.807, 2.05) is 56.3 Å². The zero-order chi connectivity index (χ0) is 18.8. The van der Waals surface area contributed by atoms with Crippen LogP contribution in [0.15, 0.2) is 42.5 Å². The molecule has 0 radical (unpaired) electrons. The van der Waals surface area contributed by atoms with Gasteiger partial charge in [-0.15, -0.1) is 0 Å². The zero-order valence-corrected chi connectivity index (χ0v) is 15.6. The molecule has 140 valence electrons. The van der Waals surface area contributed by atoms with Crippen LogP contribution >= 0.6 is 0 Å². The SMILES string of the molecule is CCOc1ccc(CCNC(=O)CCc2ccccc2N)cc1OCC. The quantitative estimate of drug-likeness (QED) is 0.640. The smallest absolute Gasteiger partial charge is 0.220 e. The number of nitrogens with two attached hydrogens (primary N) is 1. The fraction of sp³-hybridized carbons (Fsp3) is 0.381. The van der Waals surface area contributed by atoms with E-state index < -0.39 is 0 Å². The van der Waals surface area contributed by atoms with E-state index in [9.17, 15) is 4.79 Å². The van der Waals surface area contributed by atoms with Gasteiger partial charge < -0.3 is 20.5 Å². The Morgan fingerprint density at radius 1 is 1.00 bits per heavy atom. The average molecular weight is 356 g/mol. The van der Waals surface area contributed by atoms with Crippen molar-refractivity contribution in [2.24, 2.45) is 0 Å². The second-order valence-electron chi connectivity index (χ2n) is 5.95.